The molecule has 0 aliphatic heterocycles. The number of nitrogens with one attached hydrogen (secondary N) is 2. The Balaban J connectivity index is 2.18. The van der Waals surface area contributed by atoms with Crippen LogP contribution in [0.5, 0.6) is 0 Å². The minimum atomic E-state index is -1.10. The summed E-state index contributed by atoms with van der Waals surface area (Å²) in [5.41, 5.74) is 3.64. The fourth-order valence-corrected chi connectivity index (χ4v) is 2.76. The third-order valence-corrected chi connectivity index (χ3v) is 4.10. The highest BCUT2D eigenvalue weighted by atomic mass is 16.4. The summed E-state index contributed by atoms with van der Waals surface area (Å²) in [6.45, 7) is 5.21. The number of carboxylic acid groups (broad SMARTS) is 1. The van der Waals surface area contributed by atoms with Crippen LogP contribution in [-0.2, 0) is 16.0 Å². The van der Waals surface area contributed by atoms with Crippen molar-refractivity contribution in [3.63, 3.8) is 0 Å². The fourth-order valence-electron chi connectivity index (χ4n) is 2.76. The van der Waals surface area contributed by atoms with E-state index in [1.165, 1.54) is 13.0 Å². The molecule has 0 spiro atoms. The molecule has 0 aromatic heterocycles. The summed E-state index contributed by atoms with van der Waals surface area (Å²) in [6.07, 6.45) is 0.199. The van der Waals surface area contributed by atoms with Gasteiger partial charge in [-0.1, -0.05) is 24.3 Å². The molecule has 6 heteroatoms. The van der Waals surface area contributed by atoms with Gasteiger partial charge in [0.1, 0.15) is 6.04 Å². The van der Waals surface area contributed by atoms with E-state index in [0.29, 0.717) is 5.69 Å². The first kappa shape index (κ1) is 19.2. The first-order chi connectivity index (χ1) is 12.3. The minimum absolute atomic E-state index is 0.199. The zero-order valence-electron chi connectivity index (χ0n) is 15.0. The molecular weight excluding hydrogens is 332 g/mol. The Labute approximate surface area is 152 Å². The highest BCUT2D eigenvalue weighted by Crippen LogP contribution is 2.16. The molecule has 3 N–H and O–H groups in total. The van der Waals surface area contributed by atoms with Crippen LogP contribution in [0, 0.1) is 13.8 Å². The van der Waals surface area contributed by atoms with Gasteiger partial charge in [-0.15, -0.1) is 0 Å². The molecule has 136 valence electrons. The summed E-state index contributed by atoms with van der Waals surface area (Å²) in [6, 6.07) is 11.1. The molecule has 1 atom stereocenters. The van der Waals surface area contributed by atoms with Crippen LogP contribution in [0.25, 0.3) is 0 Å². The zero-order valence-corrected chi connectivity index (χ0v) is 15.0. The standard InChI is InChI=1S/C20H22N2O4/c1-12-6-4-7-13(2)17(12)11-18(20(25)26)22-19(24)15-8-5-9-16(10-15)21-14(3)23/h4-10,18H,11H2,1-3H3,(H,21,23)(H,22,24)(H,25,26)/t18-/m1/s1. The van der Waals surface area contributed by atoms with E-state index in [0.717, 1.165) is 16.7 Å². The van der Waals surface area contributed by atoms with Gasteiger partial charge in [-0.3, -0.25) is 9.59 Å². The van der Waals surface area contributed by atoms with Crippen molar-refractivity contribution in [2.24, 2.45) is 0 Å². The molecule has 0 heterocycles. The second-order valence-electron chi connectivity index (χ2n) is 6.20. The van der Waals surface area contributed by atoms with E-state index in [2.05, 4.69) is 10.6 Å². The highest BCUT2D eigenvalue weighted by Gasteiger charge is 2.22. The number of rotatable bonds is 6. The van der Waals surface area contributed by atoms with Crippen molar-refractivity contribution >= 4 is 23.5 Å². The summed E-state index contributed by atoms with van der Waals surface area (Å²) >= 11 is 0. The van der Waals surface area contributed by atoms with E-state index in [4.69, 9.17) is 0 Å². The monoisotopic (exact) mass is 354 g/mol. The number of aryl methyl sites for hydroxylation is 2. The quantitative estimate of drug-likeness (QED) is 0.743. The van der Waals surface area contributed by atoms with Crippen LogP contribution >= 0.6 is 0 Å². The number of hydrogen-bond donors (Lipinski definition) is 3. The Hall–Kier alpha value is -3.15. The van der Waals surface area contributed by atoms with Gasteiger partial charge in [0.05, 0.1) is 0 Å². The molecule has 2 rings (SSSR count). The van der Waals surface area contributed by atoms with Crippen molar-refractivity contribution in [1.29, 1.82) is 0 Å². The normalized spacial score (nSPS) is 11.5. The van der Waals surface area contributed by atoms with E-state index in [1.54, 1.807) is 18.2 Å². The Morgan fingerprint density at radius 1 is 1.04 bits per heavy atom. The van der Waals surface area contributed by atoms with Crippen LogP contribution in [0.1, 0.15) is 34.0 Å². The first-order valence-corrected chi connectivity index (χ1v) is 8.24. The van der Waals surface area contributed by atoms with Gasteiger partial charge in [-0.2, -0.15) is 0 Å². The third-order valence-electron chi connectivity index (χ3n) is 4.10. The van der Waals surface area contributed by atoms with Crippen molar-refractivity contribution in [1.82, 2.24) is 5.32 Å². The fraction of sp³-hybridized carbons (Fsp3) is 0.250. The van der Waals surface area contributed by atoms with Crippen LogP contribution in [0.4, 0.5) is 5.69 Å². The number of benzene rings is 2. The largest absolute Gasteiger partial charge is 0.480 e. The average Bonchev–Trinajstić information content (AvgIpc) is 2.56. The Morgan fingerprint density at radius 3 is 2.23 bits per heavy atom. The lowest BCUT2D eigenvalue weighted by atomic mass is 9.96. The van der Waals surface area contributed by atoms with Crippen LogP contribution in [0.3, 0.4) is 0 Å². The summed E-state index contributed by atoms with van der Waals surface area (Å²) in [7, 11) is 0. The van der Waals surface area contributed by atoms with E-state index in [1.807, 2.05) is 32.0 Å². The SMILES string of the molecule is CC(=O)Nc1cccc(C(=O)N[C@H](Cc2c(C)cccc2C)C(=O)O)c1. The van der Waals surface area contributed by atoms with Gasteiger partial charge < -0.3 is 15.7 Å². The smallest absolute Gasteiger partial charge is 0.326 e. The maximum absolute atomic E-state index is 12.5. The van der Waals surface area contributed by atoms with Crippen LogP contribution < -0.4 is 10.6 Å². The number of carbonyl (C=O) groups is 3. The molecule has 0 aliphatic rings. The summed E-state index contributed by atoms with van der Waals surface area (Å²) in [4.78, 5) is 35.2. The highest BCUT2D eigenvalue weighted by molar-refractivity contribution is 5.98. The lowest BCUT2D eigenvalue weighted by molar-refractivity contribution is -0.139. The number of anilines is 1. The van der Waals surface area contributed by atoms with Gasteiger partial charge >= 0.3 is 5.97 Å². The molecular formula is C20H22N2O4. The molecule has 2 aromatic rings. The van der Waals surface area contributed by atoms with Crippen molar-refractivity contribution in [2.75, 3.05) is 5.32 Å². The molecule has 0 unspecified atom stereocenters. The van der Waals surface area contributed by atoms with E-state index < -0.39 is 17.9 Å². The van der Waals surface area contributed by atoms with Gasteiger partial charge in [-0.05, 0) is 48.7 Å². The number of carboxylic acids is 1. The number of carbonyl (C=O) groups excluding carboxylic acids is 2. The molecule has 0 fully saturated rings. The van der Waals surface area contributed by atoms with E-state index in [-0.39, 0.29) is 17.9 Å². The molecule has 0 saturated carbocycles. The predicted octanol–water partition coefficient (Wildman–Crippen LogP) is 2.69. The Kier molecular flexibility index (Phi) is 6.11. The third kappa shape index (κ3) is 4.92. The minimum Gasteiger partial charge on any atom is -0.480 e. The number of aliphatic carboxylic acids is 1. The topological polar surface area (TPSA) is 95.5 Å². The predicted molar refractivity (Wildman–Crippen MR) is 99.3 cm³/mol. The van der Waals surface area contributed by atoms with Gasteiger partial charge in [0.2, 0.25) is 5.91 Å². The van der Waals surface area contributed by atoms with Gasteiger partial charge in [-0.25, -0.2) is 4.79 Å². The lowest BCUT2D eigenvalue weighted by Crippen LogP contribution is -2.42. The van der Waals surface area contributed by atoms with E-state index >= 15 is 0 Å². The van der Waals surface area contributed by atoms with Crippen molar-refractivity contribution in [2.45, 2.75) is 33.2 Å². The van der Waals surface area contributed by atoms with Crippen LogP contribution in [0.2, 0.25) is 0 Å². The van der Waals surface area contributed by atoms with Gasteiger partial charge in [0.15, 0.2) is 0 Å². The maximum Gasteiger partial charge on any atom is 0.326 e. The molecule has 26 heavy (non-hydrogen) atoms. The van der Waals surface area contributed by atoms with Crippen molar-refractivity contribution in [3.8, 4) is 0 Å². The molecule has 0 aliphatic carbocycles. The molecule has 2 amide bonds. The Bertz CT molecular complexity index is 825. The van der Waals surface area contributed by atoms with Gasteiger partial charge in [0, 0.05) is 24.6 Å². The Morgan fingerprint density at radius 2 is 1.65 bits per heavy atom. The van der Waals surface area contributed by atoms with Crippen molar-refractivity contribution in [3.05, 3.63) is 64.7 Å². The summed E-state index contributed by atoms with van der Waals surface area (Å²) in [5, 5.41) is 14.7. The molecule has 0 radical (unpaired) electrons. The summed E-state index contributed by atoms with van der Waals surface area (Å²) < 4.78 is 0. The lowest BCUT2D eigenvalue weighted by Gasteiger charge is -2.18. The van der Waals surface area contributed by atoms with Crippen molar-refractivity contribution < 1.29 is 19.5 Å². The molecule has 0 bridgehead atoms. The van der Waals surface area contributed by atoms with Crippen LogP contribution in [-0.4, -0.2) is 28.9 Å². The molecule has 2 aromatic carbocycles. The van der Waals surface area contributed by atoms with Crippen LogP contribution in [0.15, 0.2) is 42.5 Å². The zero-order chi connectivity index (χ0) is 19.3. The van der Waals surface area contributed by atoms with Gasteiger partial charge in [0.25, 0.3) is 5.91 Å². The molecule has 0 saturated heterocycles. The summed E-state index contributed by atoms with van der Waals surface area (Å²) in [5.74, 6) is -1.85. The number of amides is 2. The maximum atomic E-state index is 12.5. The second-order valence-corrected chi connectivity index (χ2v) is 6.20. The average molecular weight is 354 g/mol. The molecule has 6 nitrogen and oxygen atoms in total. The number of hydrogen-bond acceptors (Lipinski definition) is 3. The first-order valence-electron chi connectivity index (χ1n) is 8.24. The van der Waals surface area contributed by atoms with E-state index in [9.17, 15) is 19.5 Å². The second kappa shape index (κ2) is 8.29.